The second-order valence-corrected chi connectivity index (χ2v) is 5.20. The molecule has 0 aliphatic carbocycles. The van der Waals surface area contributed by atoms with Crippen LogP contribution in [0.2, 0.25) is 0 Å². The highest BCUT2D eigenvalue weighted by Gasteiger charge is 2.11. The molecule has 0 spiro atoms. The molecule has 7 heteroatoms. The van der Waals surface area contributed by atoms with Crippen LogP contribution in [0.4, 0.5) is 5.82 Å². The molecule has 3 rings (SSSR count). The lowest BCUT2D eigenvalue weighted by molar-refractivity contribution is -0.0914. The van der Waals surface area contributed by atoms with E-state index in [0.29, 0.717) is 18.2 Å². The fourth-order valence-electron chi connectivity index (χ4n) is 2.26. The first-order valence-electron chi connectivity index (χ1n) is 7.80. The number of hydrogen-bond acceptors (Lipinski definition) is 7. The second kappa shape index (κ2) is 8.27. The van der Waals surface area contributed by atoms with Gasteiger partial charge in [-0.15, -0.1) is 0 Å². The minimum atomic E-state index is -0.366. The molecule has 3 aromatic heterocycles. The zero-order valence-electron chi connectivity index (χ0n) is 14.1. The van der Waals surface area contributed by atoms with Crippen molar-refractivity contribution in [3.8, 4) is 22.8 Å². The van der Waals surface area contributed by atoms with Gasteiger partial charge in [0.15, 0.2) is 12.1 Å². The van der Waals surface area contributed by atoms with Crippen molar-refractivity contribution in [3.05, 3.63) is 55.0 Å². The fourth-order valence-corrected chi connectivity index (χ4v) is 2.26. The van der Waals surface area contributed by atoms with Gasteiger partial charge in [0.2, 0.25) is 0 Å². The van der Waals surface area contributed by atoms with E-state index >= 15 is 0 Å². The Labute approximate surface area is 146 Å². The van der Waals surface area contributed by atoms with E-state index in [-0.39, 0.29) is 6.29 Å². The summed E-state index contributed by atoms with van der Waals surface area (Å²) in [6.07, 6.45) is 4.82. The smallest absolute Gasteiger partial charge is 0.173 e. The molecule has 0 bridgehead atoms. The standard InChI is InChI=1S/C18H19N5O2/c1-24-17(25-2)12-21-16-10-15(14-7-3-4-9-20-14)22-18(23-16)13-6-5-8-19-11-13/h3-11,17H,12H2,1-2H3,(H,21,22,23). The Bertz CT molecular complexity index is 737. The van der Waals surface area contributed by atoms with Crippen LogP contribution >= 0.6 is 0 Å². The molecule has 0 saturated carbocycles. The highest BCUT2D eigenvalue weighted by molar-refractivity contribution is 5.64. The maximum Gasteiger partial charge on any atom is 0.173 e. The van der Waals surface area contributed by atoms with E-state index in [1.807, 2.05) is 36.4 Å². The number of ether oxygens (including phenoxy) is 2. The average Bonchev–Trinajstić information content (AvgIpc) is 2.70. The minimum absolute atomic E-state index is 0.366. The van der Waals surface area contributed by atoms with E-state index in [1.54, 1.807) is 32.8 Å². The average molecular weight is 337 g/mol. The number of methoxy groups -OCH3 is 2. The van der Waals surface area contributed by atoms with Crippen molar-refractivity contribution in [1.29, 1.82) is 0 Å². The van der Waals surface area contributed by atoms with Gasteiger partial charge in [-0.1, -0.05) is 6.07 Å². The highest BCUT2D eigenvalue weighted by atomic mass is 16.7. The van der Waals surface area contributed by atoms with E-state index in [2.05, 4.69) is 25.3 Å². The van der Waals surface area contributed by atoms with Gasteiger partial charge in [-0.2, -0.15) is 0 Å². The second-order valence-electron chi connectivity index (χ2n) is 5.20. The minimum Gasteiger partial charge on any atom is -0.365 e. The molecule has 25 heavy (non-hydrogen) atoms. The van der Waals surface area contributed by atoms with Gasteiger partial charge < -0.3 is 14.8 Å². The highest BCUT2D eigenvalue weighted by Crippen LogP contribution is 2.22. The number of aromatic nitrogens is 4. The van der Waals surface area contributed by atoms with Crippen molar-refractivity contribution in [3.63, 3.8) is 0 Å². The molecule has 0 unspecified atom stereocenters. The first-order valence-corrected chi connectivity index (χ1v) is 7.80. The number of nitrogens with one attached hydrogen (secondary N) is 1. The quantitative estimate of drug-likeness (QED) is 0.664. The van der Waals surface area contributed by atoms with Crippen LogP contribution in [-0.2, 0) is 9.47 Å². The molecule has 1 N–H and O–H groups in total. The molecule has 0 aromatic carbocycles. The van der Waals surface area contributed by atoms with Crippen molar-refractivity contribution in [2.45, 2.75) is 6.29 Å². The number of anilines is 1. The van der Waals surface area contributed by atoms with Gasteiger partial charge in [-0.05, 0) is 24.3 Å². The predicted molar refractivity (Wildman–Crippen MR) is 94.8 cm³/mol. The Morgan fingerprint density at radius 2 is 1.88 bits per heavy atom. The van der Waals surface area contributed by atoms with E-state index in [0.717, 1.165) is 17.0 Å². The summed E-state index contributed by atoms with van der Waals surface area (Å²) in [4.78, 5) is 17.7. The van der Waals surface area contributed by atoms with Gasteiger partial charge in [0.05, 0.1) is 17.9 Å². The predicted octanol–water partition coefficient (Wildman–Crippen LogP) is 2.63. The molecule has 3 aromatic rings. The van der Waals surface area contributed by atoms with E-state index in [4.69, 9.17) is 9.47 Å². The molecule has 0 fully saturated rings. The summed E-state index contributed by atoms with van der Waals surface area (Å²) in [7, 11) is 3.19. The van der Waals surface area contributed by atoms with Crippen molar-refractivity contribution >= 4 is 5.82 Å². The molecule has 0 aliphatic heterocycles. The van der Waals surface area contributed by atoms with Crippen LogP contribution in [0, 0.1) is 0 Å². The SMILES string of the molecule is COC(CNc1cc(-c2ccccn2)nc(-c2cccnc2)n1)OC. The lowest BCUT2D eigenvalue weighted by atomic mass is 10.2. The normalized spacial score (nSPS) is 10.8. The summed E-state index contributed by atoms with van der Waals surface area (Å²) in [5.74, 6) is 1.23. The monoisotopic (exact) mass is 337 g/mol. The van der Waals surface area contributed by atoms with Gasteiger partial charge in [-0.25, -0.2) is 9.97 Å². The Kier molecular flexibility index (Phi) is 5.61. The topological polar surface area (TPSA) is 82.0 Å². The van der Waals surface area contributed by atoms with Crippen molar-refractivity contribution < 1.29 is 9.47 Å². The summed E-state index contributed by atoms with van der Waals surface area (Å²) >= 11 is 0. The lowest BCUT2D eigenvalue weighted by Gasteiger charge is -2.15. The van der Waals surface area contributed by atoms with Crippen LogP contribution in [0.5, 0.6) is 0 Å². The first kappa shape index (κ1) is 16.9. The molecule has 7 nitrogen and oxygen atoms in total. The summed E-state index contributed by atoms with van der Waals surface area (Å²) in [6, 6.07) is 11.3. The Balaban J connectivity index is 1.97. The number of nitrogens with zero attached hydrogens (tertiary/aromatic N) is 4. The van der Waals surface area contributed by atoms with Crippen molar-refractivity contribution in [1.82, 2.24) is 19.9 Å². The van der Waals surface area contributed by atoms with E-state index in [1.165, 1.54) is 0 Å². The third kappa shape index (κ3) is 4.34. The van der Waals surface area contributed by atoms with Gasteiger partial charge in [0, 0.05) is 44.4 Å². The van der Waals surface area contributed by atoms with Crippen LogP contribution in [-0.4, -0.2) is 47.0 Å². The Morgan fingerprint density at radius 3 is 2.56 bits per heavy atom. The summed E-state index contributed by atoms with van der Waals surface area (Å²) in [5, 5.41) is 3.22. The number of pyridine rings is 2. The molecular weight excluding hydrogens is 318 g/mol. The van der Waals surface area contributed by atoms with Gasteiger partial charge >= 0.3 is 0 Å². The fraction of sp³-hybridized carbons (Fsp3) is 0.222. The van der Waals surface area contributed by atoms with Crippen LogP contribution in [0.1, 0.15) is 0 Å². The van der Waals surface area contributed by atoms with Crippen LogP contribution in [0.15, 0.2) is 55.0 Å². The third-order valence-corrected chi connectivity index (χ3v) is 3.55. The number of rotatable bonds is 7. The Morgan fingerprint density at radius 1 is 1.00 bits per heavy atom. The van der Waals surface area contributed by atoms with Gasteiger partial charge in [-0.3, -0.25) is 9.97 Å². The van der Waals surface area contributed by atoms with E-state index in [9.17, 15) is 0 Å². The molecular formula is C18H19N5O2. The van der Waals surface area contributed by atoms with Gasteiger partial charge in [0.25, 0.3) is 0 Å². The molecule has 3 heterocycles. The van der Waals surface area contributed by atoms with Crippen molar-refractivity contribution in [2.24, 2.45) is 0 Å². The van der Waals surface area contributed by atoms with Gasteiger partial charge in [0.1, 0.15) is 5.82 Å². The third-order valence-electron chi connectivity index (χ3n) is 3.55. The van der Waals surface area contributed by atoms with E-state index < -0.39 is 0 Å². The van der Waals surface area contributed by atoms with Crippen LogP contribution in [0.3, 0.4) is 0 Å². The zero-order chi connectivity index (χ0) is 17.5. The molecule has 0 amide bonds. The summed E-state index contributed by atoms with van der Waals surface area (Å²) in [5.41, 5.74) is 2.33. The number of hydrogen-bond donors (Lipinski definition) is 1. The molecule has 0 radical (unpaired) electrons. The van der Waals surface area contributed by atoms with Crippen molar-refractivity contribution in [2.75, 3.05) is 26.1 Å². The molecule has 0 aliphatic rings. The summed E-state index contributed by atoms with van der Waals surface area (Å²) in [6.45, 7) is 0.456. The molecule has 0 atom stereocenters. The summed E-state index contributed by atoms with van der Waals surface area (Å²) < 4.78 is 10.4. The van der Waals surface area contributed by atoms with Crippen LogP contribution < -0.4 is 5.32 Å². The maximum absolute atomic E-state index is 5.20. The zero-order valence-corrected chi connectivity index (χ0v) is 14.1. The Hall–Kier alpha value is -2.90. The largest absolute Gasteiger partial charge is 0.365 e. The molecule has 128 valence electrons. The maximum atomic E-state index is 5.20. The molecule has 0 saturated heterocycles. The van der Waals surface area contributed by atoms with Crippen LogP contribution in [0.25, 0.3) is 22.8 Å². The lowest BCUT2D eigenvalue weighted by Crippen LogP contribution is -2.24. The first-order chi connectivity index (χ1) is 12.3.